The van der Waals surface area contributed by atoms with E-state index in [9.17, 15) is 43.2 Å². The van der Waals surface area contributed by atoms with E-state index in [0.717, 1.165) is 120 Å². The van der Waals surface area contributed by atoms with Gasteiger partial charge in [0.25, 0.3) is 0 Å². The number of phosphoric ester groups is 2. The molecule has 0 aromatic carbocycles. The third-order valence-electron chi connectivity index (χ3n) is 21.0. The van der Waals surface area contributed by atoms with E-state index in [-0.39, 0.29) is 25.7 Å². The maximum absolute atomic E-state index is 13.2. The second-order valence-electron chi connectivity index (χ2n) is 32.7. The van der Waals surface area contributed by atoms with E-state index in [1.165, 1.54) is 250 Å². The van der Waals surface area contributed by atoms with Gasteiger partial charge in [-0.3, -0.25) is 37.3 Å². The van der Waals surface area contributed by atoms with Gasteiger partial charge in [-0.2, -0.15) is 0 Å². The molecule has 0 fully saturated rings. The van der Waals surface area contributed by atoms with Crippen molar-refractivity contribution in [3.8, 4) is 0 Å². The smallest absolute Gasteiger partial charge is 0.462 e. The van der Waals surface area contributed by atoms with Crippen molar-refractivity contribution in [2.75, 3.05) is 39.6 Å². The van der Waals surface area contributed by atoms with Crippen molar-refractivity contribution in [2.45, 2.75) is 472 Å². The molecule has 0 saturated carbocycles. The van der Waals surface area contributed by atoms with Crippen molar-refractivity contribution < 1.29 is 80.2 Å². The predicted octanol–water partition coefficient (Wildman–Crippen LogP) is 26.3. The first-order valence-electron chi connectivity index (χ1n) is 44.8. The van der Waals surface area contributed by atoms with E-state index in [2.05, 4.69) is 55.4 Å². The van der Waals surface area contributed by atoms with Crippen LogP contribution in [0.15, 0.2) is 0 Å². The first-order chi connectivity index (χ1) is 51.2. The first-order valence-corrected chi connectivity index (χ1v) is 47.8. The summed E-state index contributed by atoms with van der Waals surface area (Å²) in [5.41, 5.74) is 0. The standard InChI is InChI=1S/C87H170O17P2/c1-9-79(7)65-57-49-41-35-29-23-17-13-11-12-14-18-24-31-37-43-53-61-69-86(91)103-82(73-97-84(89)67-59-51-42-36-30-26-20-22-28-34-40-48-56-64-78(5)6)75-101-105(93,94)99-71-81(88)72-100-106(95,96)102-76-83(74-98-85(90)68-60-52-46-45-50-58-66-80(8)10-2)104-87(92)70-62-54-44-38-32-25-19-15-16-21-27-33-39-47-55-63-77(3)4/h77-83,88H,9-76H2,1-8H3,(H,93,94)(H,95,96)/t79?,80?,81-,82-,83-/m1/s1. The summed E-state index contributed by atoms with van der Waals surface area (Å²) >= 11 is 0. The minimum Gasteiger partial charge on any atom is -0.462 e. The molecule has 0 bridgehead atoms. The molecule has 0 aliphatic rings. The second-order valence-corrected chi connectivity index (χ2v) is 35.6. The van der Waals surface area contributed by atoms with Crippen molar-refractivity contribution in [3.63, 3.8) is 0 Å². The van der Waals surface area contributed by atoms with Crippen LogP contribution in [0.1, 0.15) is 453 Å². The number of phosphoric acid groups is 2. The van der Waals surface area contributed by atoms with Crippen LogP contribution in [-0.4, -0.2) is 96.7 Å². The molecule has 0 aromatic rings. The lowest BCUT2D eigenvalue weighted by Gasteiger charge is -2.21. The van der Waals surface area contributed by atoms with Crippen molar-refractivity contribution in [1.29, 1.82) is 0 Å². The Morgan fingerprint density at radius 3 is 0.670 bits per heavy atom. The summed E-state index contributed by atoms with van der Waals surface area (Å²) in [6.07, 6.45) is 65.3. The highest BCUT2D eigenvalue weighted by Gasteiger charge is 2.31. The molecule has 17 nitrogen and oxygen atoms in total. The summed E-state index contributed by atoms with van der Waals surface area (Å²) in [5, 5.41) is 10.7. The number of aliphatic hydroxyl groups is 1. The lowest BCUT2D eigenvalue weighted by Crippen LogP contribution is -2.30. The molecule has 0 radical (unpaired) electrons. The maximum atomic E-state index is 13.2. The maximum Gasteiger partial charge on any atom is 0.472 e. The molecule has 0 aliphatic carbocycles. The van der Waals surface area contributed by atoms with Gasteiger partial charge in [0.1, 0.15) is 19.3 Å². The number of unbranched alkanes of at least 4 members (excludes halogenated alkanes) is 48. The number of hydrogen-bond donors (Lipinski definition) is 3. The van der Waals surface area contributed by atoms with Crippen molar-refractivity contribution in [2.24, 2.45) is 23.7 Å². The highest BCUT2D eigenvalue weighted by molar-refractivity contribution is 7.47. The number of carbonyl (C=O) groups excluding carboxylic acids is 4. The van der Waals surface area contributed by atoms with E-state index in [1.54, 1.807) is 0 Å². The zero-order valence-electron chi connectivity index (χ0n) is 70.1. The van der Waals surface area contributed by atoms with Crippen LogP contribution in [-0.2, 0) is 65.4 Å². The van der Waals surface area contributed by atoms with E-state index >= 15 is 0 Å². The summed E-state index contributed by atoms with van der Waals surface area (Å²) in [4.78, 5) is 73.2. The highest BCUT2D eigenvalue weighted by Crippen LogP contribution is 2.45. The molecule has 0 spiro atoms. The van der Waals surface area contributed by atoms with Gasteiger partial charge in [-0.1, -0.05) is 402 Å². The molecular formula is C87H170O17P2. The van der Waals surface area contributed by atoms with Crippen LogP contribution >= 0.6 is 15.6 Å². The lowest BCUT2D eigenvalue weighted by atomic mass is 9.99. The normalized spacial score (nSPS) is 14.4. The quantitative estimate of drug-likeness (QED) is 0.0222. The summed E-state index contributed by atoms with van der Waals surface area (Å²) in [7, 11) is -9.93. The van der Waals surface area contributed by atoms with Crippen LogP contribution in [0.25, 0.3) is 0 Å². The van der Waals surface area contributed by atoms with Gasteiger partial charge in [0.15, 0.2) is 12.2 Å². The number of aliphatic hydroxyl groups excluding tert-OH is 1. The third-order valence-corrected chi connectivity index (χ3v) is 22.9. The molecular weight excluding hydrogens is 1380 g/mol. The Morgan fingerprint density at radius 1 is 0.264 bits per heavy atom. The number of rotatable bonds is 84. The Kier molecular flexibility index (Phi) is 74.3. The Balaban J connectivity index is 5.22. The summed E-state index contributed by atoms with van der Waals surface area (Å²) in [6, 6.07) is 0. The van der Waals surface area contributed by atoms with Crippen LogP contribution in [0.4, 0.5) is 0 Å². The topological polar surface area (TPSA) is 237 Å². The Labute approximate surface area is 651 Å². The fourth-order valence-corrected chi connectivity index (χ4v) is 15.0. The van der Waals surface area contributed by atoms with Crippen molar-refractivity contribution in [1.82, 2.24) is 0 Å². The zero-order valence-corrected chi connectivity index (χ0v) is 71.9. The SMILES string of the molecule is CCC(C)CCCCCCCCCCCCCCCCCCCCC(=O)O[C@H](COC(=O)CCCCCCCCCCCCCCCC(C)C)COP(=O)(O)OC[C@@H](O)COP(=O)(O)OC[C@@H](COC(=O)CCCCCCCCC(C)CC)OC(=O)CCCCCCCCCCCCCCCCCC(C)C. The number of ether oxygens (including phenoxy) is 4. The molecule has 106 heavy (non-hydrogen) atoms. The summed E-state index contributed by atoms with van der Waals surface area (Å²) in [6.45, 7) is 14.4. The molecule has 19 heteroatoms. The fraction of sp³-hybridized carbons (Fsp3) is 0.954. The molecule has 3 N–H and O–H groups in total. The van der Waals surface area contributed by atoms with Gasteiger partial charge in [-0.15, -0.1) is 0 Å². The van der Waals surface area contributed by atoms with Crippen LogP contribution in [0.2, 0.25) is 0 Å². The minimum absolute atomic E-state index is 0.107. The van der Waals surface area contributed by atoms with Crippen LogP contribution in [0.3, 0.4) is 0 Å². The van der Waals surface area contributed by atoms with Gasteiger partial charge in [-0.05, 0) is 49.4 Å². The fourth-order valence-electron chi connectivity index (χ4n) is 13.4. The summed E-state index contributed by atoms with van der Waals surface area (Å²) in [5.74, 6) is 1.09. The Bertz CT molecular complexity index is 2060. The van der Waals surface area contributed by atoms with Gasteiger partial charge in [-0.25, -0.2) is 9.13 Å². The minimum atomic E-state index is -4.97. The number of esters is 4. The zero-order chi connectivity index (χ0) is 78.1. The number of hydrogen-bond acceptors (Lipinski definition) is 15. The molecule has 7 atom stereocenters. The molecule has 0 aliphatic heterocycles. The molecule has 0 rings (SSSR count). The van der Waals surface area contributed by atoms with Gasteiger partial charge in [0.2, 0.25) is 0 Å². The second kappa shape index (κ2) is 75.7. The Hall–Kier alpha value is -1.94. The van der Waals surface area contributed by atoms with Gasteiger partial charge in [0, 0.05) is 25.7 Å². The van der Waals surface area contributed by atoms with Gasteiger partial charge >= 0.3 is 39.5 Å². The van der Waals surface area contributed by atoms with E-state index < -0.39 is 97.5 Å². The predicted molar refractivity (Wildman–Crippen MR) is 437 cm³/mol. The van der Waals surface area contributed by atoms with Crippen molar-refractivity contribution in [3.05, 3.63) is 0 Å². The lowest BCUT2D eigenvalue weighted by molar-refractivity contribution is -0.161. The summed E-state index contributed by atoms with van der Waals surface area (Å²) < 4.78 is 68.9. The van der Waals surface area contributed by atoms with Crippen LogP contribution < -0.4 is 0 Å². The van der Waals surface area contributed by atoms with Crippen LogP contribution in [0, 0.1) is 23.7 Å². The van der Waals surface area contributed by atoms with Crippen molar-refractivity contribution >= 4 is 39.5 Å². The van der Waals surface area contributed by atoms with E-state index in [1.807, 2.05) is 0 Å². The molecule has 0 amide bonds. The number of carbonyl (C=O) groups is 4. The van der Waals surface area contributed by atoms with Crippen LogP contribution in [0.5, 0.6) is 0 Å². The highest BCUT2D eigenvalue weighted by atomic mass is 31.2. The van der Waals surface area contributed by atoms with E-state index in [0.29, 0.717) is 25.7 Å². The molecule has 630 valence electrons. The first kappa shape index (κ1) is 104. The molecule has 0 aromatic heterocycles. The van der Waals surface area contributed by atoms with Gasteiger partial charge in [0.05, 0.1) is 26.4 Å². The molecule has 4 unspecified atom stereocenters. The average Bonchev–Trinajstić information content (AvgIpc) is 0.904. The molecule has 0 saturated heterocycles. The monoisotopic (exact) mass is 1550 g/mol. The molecule has 0 heterocycles. The third kappa shape index (κ3) is 77.4. The Morgan fingerprint density at radius 2 is 0.453 bits per heavy atom. The largest absolute Gasteiger partial charge is 0.472 e. The van der Waals surface area contributed by atoms with Gasteiger partial charge < -0.3 is 33.8 Å². The van der Waals surface area contributed by atoms with E-state index in [4.69, 9.17) is 37.0 Å². The average molecular weight is 1550 g/mol.